The van der Waals surface area contributed by atoms with E-state index >= 15 is 0 Å². The van der Waals surface area contributed by atoms with Gasteiger partial charge in [-0.05, 0) is 24.6 Å². The highest BCUT2D eigenvalue weighted by atomic mass is 35.5. The van der Waals surface area contributed by atoms with E-state index in [4.69, 9.17) is 18.2 Å². The summed E-state index contributed by atoms with van der Waals surface area (Å²) in [6, 6.07) is 5.23. The zero-order chi connectivity index (χ0) is 9.14. The molecule has 0 fully saturated rings. The van der Waals surface area contributed by atoms with E-state index < -0.39 is 0 Å². The normalized spacial score (nSPS) is 9.08. The van der Waals surface area contributed by atoms with Crippen molar-refractivity contribution in [1.29, 1.82) is 0 Å². The minimum absolute atomic E-state index is 0.565. The van der Waals surface area contributed by atoms with Crippen molar-refractivity contribution in [3.05, 3.63) is 46.8 Å². The van der Waals surface area contributed by atoms with E-state index in [0.717, 1.165) is 11.1 Å². The Morgan fingerprint density at radius 2 is 2.25 bits per heavy atom. The highest BCUT2D eigenvalue weighted by Crippen LogP contribution is 2.28. The summed E-state index contributed by atoms with van der Waals surface area (Å²) in [5, 5.41) is 0.589. The fourth-order valence-corrected chi connectivity index (χ4v) is 1.12. The second-order valence-corrected chi connectivity index (χ2v) is 2.99. The number of rotatable bonds is 1. The van der Waals surface area contributed by atoms with Gasteiger partial charge in [0.1, 0.15) is 0 Å². The van der Waals surface area contributed by atoms with Gasteiger partial charge < -0.3 is 0 Å². The summed E-state index contributed by atoms with van der Waals surface area (Å²) in [7, 11) is 0. The van der Waals surface area contributed by atoms with Gasteiger partial charge in [-0.1, -0.05) is 29.8 Å². The first kappa shape index (κ1) is 8.83. The van der Waals surface area contributed by atoms with Crippen molar-refractivity contribution < 1.29 is 0 Å². The molecule has 0 atom stereocenters. The smallest absolute Gasteiger partial charge is 0.196 e. The molecule has 0 N–H and O–H groups in total. The maximum atomic E-state index is 6.90. The van der Waals surface area contributed by atoms with Gasteiger partial charge >= 0.3 is 0 Å². The van der Waals surface area contributed by atoms with E-state index in [1.54, 1.807) is 12.1 Å². The van der Waals surface area contributed by atoms with E-state index in [1.165, 1.54) is 0 Å². The van der Waals surface area contributed by atoms with Crippen molar-refractivity contribution in [2.45, 2.75) is 6.92 Å². The van der Waals surface area contributed by atoms with Crippen LogP contribution in [-0.2, 0) is 0 Å². The van der Waals surface area contributed by atoms with Crippen molar-refractivity contribution in [3.8, 4) is 0 Å². The molecule has 0 aromatic heterocycles. The minimum Gasteiger partial charge on any atom is -0.237 e. The lowest BCUT2D eigenvalue weighted by atomic mass is 10.1. The van der Waals surface area contributed by atoms with Gasteiger partial charge in [-0.25, -0.2) is 4.85 Å². The second kappa shape index (κ2) is 3.42. The molecule has 0 aliphatic rings. The van der Waals surface area contributed by atoms with Gasteiger partial charge in [0, 0.05) is 5.02 Å². The molecule has 0 spiro atoms. The molecule has 0 radical (unpaired) electrons. The van der Waals surface area contributed by atoms with Crippen LogP contribution in [0.5, 0.6) is 0 Å². The second-order valence-electron chi connectivity index (χ2n) is 2.55. The maximum Gasteiger partial charge on any atom is 0.196 e. The van der Waals surface area contributed by atoms with Crippen molar-refractivity contribution in [2.75, 3.05) is 0 Å². The van der Waals surface area contributed by atoms with Crippen LogP contribution in [0.4, 0.5) is 5.69 Å². The first-order valence-corrected chi connectivity index (χ1v) is 3.86. The third kappa shape index (κ3) is 1.66. The van der Waals surface area contributed by atoms with Crippen LogP contribution in [0.3, 0.4) is 0 Å². The van der Waals surface area contributed by atoms with Crippen LogP contribution in [0.1, 0.15) is 12.5 Å². The molecule has 0 bridgehead atoms. The molecule has 1 rings (SSSR count). The summed E-state index contributed by atoms with van der Waals surface area (Å²) in [4.78, 5) is 3.36. The fraction of sp³-hybridized carbons (Fsp3) is 0.100. The Balaban J connectivity index is 3.32. The molecular weight excluding hydrogens is 170 g/mol. The molecule has 60 valence electrons. The fourth-order valence-electron chi connectivity index (χ4n) is 0.958. The van der Waals surface area contributed by atoms with E-state index in [0.29, 0.717) is 10.7 Å². The molecule has 0 saturated carbocycles. The summed E-state index contributed by atoms with van der Waals surface area (Å²) in [6.07, 6.45) is 0. The van der Waals surface area contributed by atoms with Crippen molar-refractivity contribution in [3.63, 3.8) is 0 Å². The van der Waals surface area contributed by atoms with Crippen molar-refractivity contribution >= 4 is 22.9 Å². The Hall–Kier alpha value is -1.26. The predicted molar refractivity (Wildman–Crippen MR) is 52.4 cm³/mol. The number of allylic oxidation sites excluding steroid dienone is 1. The van der Waals surface area contributed by atoms with Crippen LogP contribution in [0.15, 0.2) is 24.8 Å². The average Bonchev–Trinajstić information content (AvgIpc) is 2.03. The van der Waals surface area contributed by atoms with Crippen molar-refractivity contribution in [2.24, 2.45) is 0 Å². The molecule has 0 aliphatic carbocycles. The number of halogens is 1. The molecule has 1 nitrogen and oxygen atoms in total. The molecule has 1 aromatic rings. The van der Waals surface area contributed by atoms with Gasteiger partial charge in [0.25, 0.3) is 0 Å². The lowest BCUT2D eigenvalue weighted by Crippen LogP contribution is -1.77. The Morgan fingerprint density at radius 3 is 2.75 bits per heavy atom. The first-order valence-electron chi connectivity index (χ1n) is 3.48. The SMILES string of the molecule is [C-]#[N+]c1cc(Cl)ccc1C(=C)C. The zero-order valence-corrected chi connectivity index (χ0v) is 7.52. The predicted octanol–water partition coefficient (Wildman–Crippen LogP) is 3.92. The standard InChI is InChI=1S/C10H8ClN/c1-7(2)9-5-4-8(11)6-10(9)12-3/h4-6H,1H2,2H3. The first-order chi connectivity index (χ1) is 5.65. The van der Waals surface area contributed by atoms with Crippen LogP contribution in [0, 0.1) is 6.57 Å². The number of benzene rings is 1. The van der Waals surface area contributed by atoms with E-state index in [-0.39, 0.29) is 0 Å². The van der Waals surface area contributed by atoms with Gasteiger partial charge in [-0.3, -0.25) is 0 Å². The van der Waals surface area contributed by atoms with Gasteiger partial charge in [0.2, 0.25) is 0 Å². The molecule has 0 aliphatic heterocycles. The summed E-state index contributed by atoms with van der Waals surface area (Å²) in [5.74, 6) is 0. The van der Waals surface area contributed by atoms with Gasteiger partial charge in [-0.2, -0.15) is 0 Å². The monoisotopic (exact) mass is 177 g/mol. The van der Waals surface area contributed by atoms with E-state index in [1.807, 2.05) is 13.0 Å². The van der Waals surface area contributed by atoms with E-state index in [2.05, 4.69) is 11.4 Å². The highest BCUT2D eigenvalue weighted by Gasteiger charge is 2.02. The molecule has 0 unspecified atom stereocenters. The Kier molecular flexibility index (Phi) is 2.52. The zero-order valence-electron chi connectivity index (χ0n) is 6.76. The Bertz CT molecular complexity index is 361. The molecule has 2 heteroatoms. The average molecular weight is 178 g/mol. The maximum absolute atomic E-state index is 6.90. The van der Waals surface area contributed by atoms with Crippen LogP contribution in [-0.4, -0.2) is 0 Å². The van der Waals surface area contributed by atoms with Crippen molar-refractivity contribution in [1.82, 2.24) is 0 Å². The third-order valence-electron chi connectivity index (χ3n) is 1.54. The topological polar surface area (TPSA) is 4.36 Å². The molecule has 1 aromatic carbocycles. The van der Waals surface area contributed by atoms with Crippen LogP contribution < -0.4 is 0 Å². The number of hydrogen-bond donors (Lipinski definition) is 0. The summed E-state index contributed by atoms with van der Waals surface area (Å²) < 4.78 is 0. The quantitative estimate of drug-likeness (QED) is 0.573. The largest absolute Gasteiger partial charge is 0.237 e. The van der Waals surface area contributed by atoms with Crippen LogP contribution >= 0.6 is 11.6 Å². The lowest BCUT2D eigenvalue weighted by molar-refractivity contribution is 1.59. The van der Waals surface area contributed by atoms with E-state index in [9.17, 15) is 0 Å². The highest BCUT2D eigenvalue weighted by molar-refractivity contribution is 6.31. The van der Waals surface area contributed by atoms with Gasteiger partial charge in [-0.15, -0.1) is 0 Å². The molecule has 0 saturated heterocycles. The van der Waals surface area contributed by atoms with Gasteiger partial charge in [0.05, 0.1) is 6.57 Å². The lowest BCUT2D eigenvalue weighted by Gasteiger charge is -2.02. The number of hydrogen-bond acceptors (Lipinski definition) is 0. The summed E-state index contributed by atoms with van der Waals surface area (Å²) in [6.45, 7) is 12.5. The Morgan fingerprint density at radius 1 is 1.58 bits per heavy atom. The van der Waals surface area contributed by atoms with Crippen LogP contribution in [0.25, 0.3) is 10.4 Å². The van der Waals surface area contributed by atoms with Gasteiger partial charge in [0.15, 0.2) is 5.69 Å². The molecule has 0 heterocycles. The summed E-state index contributed by atoms with van der Waals surface area (Å²) in [5.41, 5.74) is 2.32. The number of nitrogens with zero attached hydrogens (tertiary/aromatic N) is 1. The van der Waals surface area contributed by atoms with Crippen LogP contribution in [0.2, 0.25) is 5.02 Å². The molecule has 0 amide bonds. The molecular formula is C10H8ClN. The third-order valence-corrected chi connectivity index (χ3v) is 1.78. The molecule has 12 heavy (non-hydrogen) atoms. The Labute approximate surface area is 77.1 Å². The minimum atomic E-state index is 0.565. The summed E-state index contributed by atoms with van der Waals surface area (Å²) >= 11 is 5.73.